The molecule has 0 saturated heterocycles. The van der Waals surface area contributed by atoms with Gasteiger partial charge in [0.05, 0.1) is 5.60 Å². The second kappa shape index (κ2) is 4.70. The molecule has 1 unspecified atom stereocenters. The molecular formula is C8H20N2O. The molecule has 0 spiro atoms. The molecule has 3 N–H and O–H groups in total. The first-order chi connectivity index (χ1) is 5.04. The summed E-state index contributed by atoms with van der Waals surface area (Å²) in [6.45, 7) is 3.21. The van der Waals surface area contributed by atoms with E-state index >= 15 is 0 Å². The number of aliphatic hydroxyl groups is 1. The van der Waals surface area contributed by atoms with Gasteiger partial charge in [0.25, 0.3) is 0 Å². The molecule has 0 amide bonds. The van der Waals surface area contributed by atoms with E-state index in [-0.39, 0.29) is 0 Å². The molecule has 0 aromatic heterocycles. The maximum atomic E-state index is 9.73. The lowest BCUT2D eigenvalue weighted by Gasteiger charge is -2.26. The fraction of sp³-hybridized carbons (Fsp3) is 1.00. The zero-order chi connectivity index (χ0) is 8.91. The predicted octanol–water partition coefficient (Wildman–Crippen LogP) is 0.0379. The second-order valence-electron chi connectivity index (χ2n) is 3.34. The maximum absolute atomic E-state index is 9.73. The summed E-state index contributed by atoms with van der Waals surface area (Å²) in [6, 6.07) is 0. The highest BCUT2D eigenvalue weighted by molar-refractivity contribution is 4.78. The molecule has 3 heteroatoms. The molecule has 0 heterocycles. The van der Waals surface area contributed by atoms with Crippen molar-refractivity contribution in [1.29, 1.82) is 0 Å². The van der Waals surface area contributed by atoms with Crippen LogP contribution in [0.25, 0.3) is 0 Å². The lowest BCUT2D eigenvalue weighted by atomic mass is 9.97. The summed E-state index contributed by atoms with van der Waals surface area (Å²) in [5.74, 6) is 0. The van der Waals surface area contributed by atoms with Crippen molar-refractivity contribution in [2.45, 2.75) is 25.4 Å². The molecule has 0 aromatic rings. The Morgan fingerprint density at radius 2 is 2.00 bits per heavy atom. The summed E-state index contributed by atoms with van der Waals surface area (Å²) in [4.78, 5) is 2.05. The molecule has 0 bridgehead atoms. The Hall–Kier alpha value is -0.120. The van der Waals surface area contributed by atoms with Gasteiger partial charge in [-0.1, -0.05) is 6.92 Å². The van der Waals surface area contributed by atoms with Gasteiger partial charge in [-0.05, 0) is 26.9 Å². The number of nitrogens with zero attached hydrogens (tertiary/aromatic N) is 1. The standard InChI is InChI=1S/C8H20N2O/c1-4-8(11,7-9)5-6-10(2)3/h11H,4-7,9H2,1-3H3. The van der Waals surface area contributed by atoms with Gasteiger partial charge in [0.15, 0.2) is 0 Å². The van der Waals surface area contributed by atoms with Crippen LogP contribution in [0.15, 0.2) is 0 Å². The Kier molecular flexibility index (Phi) is 4.65. The van der Waals surface area contributed by atoms with E-state index in [0.717, 1.165) is 19.4 Å². The molecule has 11 heavy (non-hydrogen) atoms. The molecule has 0 rings (SSSR count). The topological polar surface area (TPSA) is 49.5 Å². The van der Waals surface area contributed by atoms with Crippen molar-refractivity contribution < 1.29 is 5.11 Å². The van der Waals surface area contributed by atoms with Crippen molar-refractivity contribution in [3.05, 3.63) is 0 Å². The van der Waals surface area contributed by atoms with E-state index < -0.39 is 5.60 Å². The number of hydrogen-bond donors (Lipinski definition) is 2. The predicted molar refractivity (Wildman–Crippen MR) is 47.5 cm³/mol. The van der Waals surface area contributed by atoms with E-state index in [0.29, 0.717) is 6.54 Å². The zero-order valence-corrected chi connectivity index (χ0v) is 7.80. The summed E-state index contributed by atoms with van der Waals surface area (Å²) < 4.78 is 0. The molecule has 0 aliphatic rings. The number of rotatable bonds is 5. The van der Waals surface area contributed by atoms with Gasteiger partial charge < -0.3 is 15.7 Å². The molecule has 1 atom stereocenters. The third-order valence-corrected chi connectivity index (χ3v) is 2.06. The highest BCUT2D eigenvalue weighted by Gasteiger charge is 2.21. The highest BCUT2D eigenvalue weighted by Crippen LogP contribution is 2.12. The Balaban J connectivity index is 3.69. The molecule has 0 aliphatic heterocycles. The molecule has 0 fully saturated rings. The van der Waals surface area contributed by atoms with Gasteiger partial charge in [0, 0.05) is 13.1 Å². The molecule has 0 radical (unpaired) electrons. The quantitative estimate of drug-likeness (QED) is 0.597. The largest absolute Gasteiger partial charge is 0.389 e. The van der Waals surface area contributed by atoms with Crippen molar-refractivity contribution in [3.8, 4) is 0 Å². The third-order valence-electron chi connectivity index (χ3n) is 2.06. The van der Waals surface area contributed by atoms with Gasteiger partial charge in [-0.2, -0.15) is 0 Å². The molecule has 0 saturated carbocycles. The molecule has 0 aromatic carbocycles. The average Bonchev–Trinajstić information content (AvgIpc) is 2.00. The smallest absolute Gasteiger partial charge is 0.0778 e. The van der Waals surface area contributed by atoms with Gasteiger partial charge in [-0.25, -0.2) is 0 Å². The first kappa shape index (κ1) is 10.9. The van der Waals surface area contributed by atoms with Crippen molar-refractivity contribution in [2.24, 2.45) is 5.73 Å². The lowest BCUT2D eigenvalue weighted by Crippen LogP contribution is -2.39. The van der Waals surface area contributed by atoms with Crippen molar-refractivity contribution in [3.63, 3.8) is 0 Å². The van der Waals surface area contributed by atoms with E-state index in [1.165, 1.54) is 0 Å². The van der Waals surface area contributed by atoms with Gasteiger partial charge in [0.2, 0.25) is 0 Å². The van der Waals surface area contributed by atoms with Crippen LogP contribution in [0.5, 0.6) is 0 Å². The van der Waals surface area contributed by atoms with Gasteiger partial charge >= 0.3 is 0 Å². The maximum Gasteiger partial charge on any atom is 0.0778 e. The SMILES string of the molecule is CCC(O)(CN)CCN(C)C. The monoisotopic (exact) mass is 160 g/mol. The van der Waals surface area contributed by atoms with Crippen LogP contribution >= 0.6 is 0 Å². The van der Waals surface area contributed by atoms with Crippen LogP contribution in [0, 0.1) is 0 Å². The van der Waals surface area contributed by atoms with Crippen molar-refractivity contribution in [1.82, 2.24) is 4.90 Å². The first-order valence-electron chi connectivity index (χ1n) is 4.11. The fourth-order valence-corrected chi connectivity index (χ4v) is 0.855. The minimum Gasteiger partial charge on any atom is -0.389 e. The van der Waals surface area contributed by atoms with Crippen LogP contribution in [0.2, 0.25) is 0 Å². The fourth-order valence-electron chi connectivity index (χ4n) is 0.855. The van der Waals surface area contributed by atoms with Gasteiger partial charge in [-0.15, -0.1) is 0 Å². The second-order valence-corrected chi connectivity index (χ2v) is 3.34. The van der Waals surface area contributed by atoms with Crippen LogP contribution in [-0.4, -0.2) is 42.8 Å². The van der Waals surface area contributed by atoms with Gasteiger partial charge in [0.1, 0.15) is 0 Å². The summed E-state index contributed by atoms with van der Waals surface area (Å²) >= 11 is 0. The van der Waals surface area contributed by atoms with Crippen LogP contribution in [0.3, 0.4) is 0 Å². The highest BCUT2D eigenvalue weighted by atomic mass is 16.3. The third kappa shape index (κ3) is 4.35. The number of hydrogen-bond acceptors (Lipinski definition) is 3. The van der Waals surface area contributed by atoms with E-state index in [2.05, 4.69) is 4.90 Å². The van der Waals surface area contributed by atoms with Crippen LogP contribution in [-0.2, 0) is 0 Å². The minimum atomic E-state index is -0.649. The molecule has 0 aliphatic carbocycles. The van der Waals surface area contributed by atoms with E-state index in [1.807, 2.05) is 21.0 Å². The Morgan fingerprint density at radius 1 is 1.45 bits per heavy atom. The molecule has 3 nitrogen and oxygen atoms in total. The van der Waals surface area contributed by atoms with E-state index in [4.69, 9.17) is 5.73 Å². The van der Waals surface area contributed by atoms with Gasteiger partial charge in [-0.3, -0.25) is 0 Å². The van der Waals surface area contributed by atoms with Crippen molar-refractivity contribution in [2.75, 3.05) is 27.2 Å². The Labute approximate surface area is 69.2 Å². The lowest BCUT2D eigenvalue weighted by molar-refractivity contribution is 0.0300. The Morgan fingerprint density at radius 3 is 2.27 bits per heavy atom. The molecule has 68 valence electrons. The summed E-state index contributed by atoms with van der Waals surface area (Å²) in [6.07, 6.45) is 1.49. The van der Waals surface area contributed by atoms with E-state index in [1.54, 1.807) is 0 Å². The average molecular weight is 160 g/mol. The van der Waals surface area contributed by atoms with Crippen LogP contribution < -0.4 is 5.73 Å². The number of nitrogens with two attached hydrogens (primary N) is 1. The van der Waals surface area contributed by atoms with Crippen LogP contribution in [0.4, 0.5) is 0 Å². The first-order valence-corrected chi connectivity index (χ1v) is 4.11. The zero-order valence-electron chi connectivity index (χ0n) is 7.80. The normalized spacial score (nSPS) is 16.9. The van der Waals surface area contributed by atoms with Crippen molar-refractivity contribution >= 4 is 0 Å². The van der Waals surface area contributed by atoms with E-state index in [9.17, 15) is 5.11 Å². The Bertz CT molecular complexity index is 100. The molecular weight excluding hydrogens is 140 g/mol. The summed E-state index contributed by atoms with van der Waals surface area (Å²) in [7, 11) is 3.99. The summed E-state index contributed by atoms with van der Waals surface area (Å²) in [5, 5.41) is 9.73. The minimum absolute atomic E-state index is 0.358. The van der Waals surface area contributed by atoms with Crippen LogP contribution in [0.1, 0.15) is 19.8 Å². The summed E-state index contributed by atoms with van der Waals surface area (Å²) in [5.41, 5.74) is 4.79.